The third-order valence-electron chi connectivity index (χ3n) is 3.81. The number of thioether (sulfide) groups is 1. The maximum atomic E-state index is 12.3. The van der Waals surface area contributed by atoms with Crippen LogP contribution in [-0.4, -0.2) is 28.4 Å². The normalized spacial score (nSPS) is 22.6. The van der Waals surface area contributed by atoms with Crippen LogP contribution in [0.25, 0.3) is 0 Å². The second kappa shape index (κ2) is 7.32. The number of rotatable bonds is 4. The van der Waals surface area contributed by atoms with Gasteiger partial charge in [0.1, 0.15) is 5.15 Å². The molecule has 0 bridgehead atoms. The van der Waals surface area contributed by atoms with Crippen molar-refractivity contribution in [1.29, 1.82) is 0 Å². The molecule has 1 aliphatic rings. The van der Waals surface area contributed by atoms with E-state index in [4.69, 9.17) is 11.6 Å². The van der Waals surface area contributed by atoms with Crippen LogP contribution >= 0.6 is 23.4 Å². The minimum Gasteiger partial charge on any atom is -0.349 e. The first-order chi connectivity index (χ1) is 9.62. The summed E-state index contributed by atoms with van der Waals surface area (Å²) in [4.78, 5) is 16.5. The van der Waals surface area contributed by atoms with Crippen LogP contribution in [-0.2, 0) is 6.42 Å². The molecule has 20 heavy (non-hydrogen) atoms. The van der Waals surface area contributed by atoms with E-state index in [2.05, 4.69) is 16.6 Å². The Kier molecular flexibility index (Phi) is 5.73. The fourth-order valence-corrected chi connectivity index (χ4v) is 3.54. The van der Waals surface area contributed by atoms with Crippen LogP contribution in [0.1, 0.15) is 48.7 Å². The minimum absolute atomic E-state index is 0.0309. The number of pyridine rings is 1. The van der Waals surface area contributed by atoms with Crippen molar-refractivity contribution in [2.24, 2.45) is 0 Å². The number of aryl methyl sites for hydroxylation is 1. The Bertz CT molecular complexity index is 473. The Labute approximate surface area is 129 Å². The molecule has 1 N–H and O–H groups in total. The molecule has 3 nitrogen and oxygen atoms in total. The van der Waals surface area contributed by atoms with Gasteiger partial charge in [0.15, 0.2) is 0 Å². The Hall–Kier alpha value is -0.740. The Balaban J connectivity index is 1.97. The zero-order valence-electron chi connectivity index (χ0n) is 12.0. The van der Waals surface area contributed by atoms with Crippen molar-refractivity contribution in [2.75, 3.05) is 6.26 Å². The molecule has 0 aromatic carbocycles. The molecule has 0 spiro atoms. The van der Waals surface area contributed by atoms with Crippen molar-refractivity contribution < 1.29 is 4.79 Å². The number of carbonyl (C=O) groups is 1. The quantitative estimate of drug-likeness (QED) is 0.862. The summed E-state index contributed by atoms with van der Waals surface area (Å²) in [6.45, 7) is 2.00. The van der Waals surface area contributed by atoms with E-state index in [9.17, 15) is 4.79 Å². The maximum Gasteiger partial charge on any atom is 0.251 e. The van der Waals surface area contributed by atoms with Gasteiger partial charge in [-0.2, -0.15) is 11.8 Å². The third-order valence-corrected chi connectivity index (χ3v) is 5.15. The summed E-state index contributed by atoms with van der Waals surface area (Å²) in [5.74, 6) is -0.0309. The summed E-state index contributed by atoms with van der Waals surface area (Å²) < 4.78 is 0. The SMILES string of the molecule is CCc1cc(C(=O)NC2CCC(SC)CC2)cc(Cl)n1. The molecular formula is C15H21ClN2OS. The average molecular weight is 313 g/mol. The highest BCUT2D eigenvalue weighted by Gasteiger charge is 2.22. The minimum atomic E-state index is -0.0309. The first-order valence-corrected chi connectivity index (χ1v) is 8.79. The monoisotopic (exact) mass is 312 g/mol. The molecule has 1 amide bonds. The lowest BCUT2D eigenvalue weighted by atomic mass is 9.94. The zero-order valence-corrected chi connectivity index (χ0v) is 13.6. The summed E-state index contributed by atoms with van der Waals surface area (Å²) in [6.07, 6.45) is 7.44. The van der Waals surface area contributed by atoms with Gasteiger partial charge in [0.25, 0.3) is 5.91 Å². The number of nitrogens with zero attached hydrogens (tertiary/aromatic N) is 1. The molecule has 0 saturated heterocycles. The van der Waals surface area contributed by atoms with E-state index >= 15 is 0 Å². The predicted octanol–water partition coefficient (Wildman–Crippen LogP) is 3.70. The highest BCUT2D eigenvalue weighted by Crippen LogP contribution is 2.27. The van der Waals surface area contributed by atoms with Gasteiger partial charge in [-0.05, 0) is 50.5 Å². The van der Waals surface area contributed by atoms with E-state index in [0.29, 0.717) is 16.8 Å². The summed E-state index contributed by atoms with van der Waals surface area (Å²) in [5.41, 5.74) is 1.47. The highest BCUT2D eigenvalue weighted by molar-refractivity contribution is 7.99. The van der Waals surface area contributed by atoms with Gasteiger partial charge in [-0.1, -0.05) is 18.5 Å². The van der Waals surface area contributed by atoms with Crippen LogP contribution in [0.3, 0.4) is 0 Å². The largest absolute Gasteiger partial charge is 0.349 e. The van der Waals surface area contributed by atoms with Crippen LogP contribution in [0.4, 0.5) is 0 Å². The van der Waals surface area contributed by atoms with Gasteiger partial charge in [-0.25, -0.2) is 4.98 Å². The van der Waals surface area contributed by atoms with Crippen molar-refractivity contribution in [3.8, 4) is 0 Å². The lowest BCUT2D eigenvalue weighted by molar-refractivity contribution is 0.0928. The van der Waals surface area contributed by atoms with E-state index in [-0.39, 0.29) is 5.91 Å². The molecule has 0 aliphatic heterocycles. The standard InChI is InChI=1S/C15H21ClN2OS/c1-3-11-8-10(9-14(16)17-11)15(19)18-12-4-6-13(20-2)7-5-12/h8-9,12-13H,3-7H2,1-2H3,(H,18,19). The molecule has 5 heteroatoms. The van der Waals surface area contributed by atoms with Crippen LogP contribution < -0.4 is 5.32 Å². The fraction of sp³-hybridized carbons (Fsp3) is 0.600. The summed E-state index contributed by atoms with van der Waals surface area (Å²) in [5, 5.41) is 4.27. The molecule has 1 aromatic heterocycles. The molecule has 0 radical (unpaired) electrons. The van der Waals surface area contributed by atoms with Gasteiger partial charge in [-0.15, -0.1) is 0 Å². The zero-order chi connectivity index (χ0) is 14.5. The average Bonchev–Trinajstić information content (AvgIpc) is 2.47. The molecule has 0 unspecified atom stereocenters. The molecule has 1 aliphatic carbocycles. The Morgan fingerprint density at radius 3 is 2.70 bits per heavy atom. The molecule has 1 heterocycles. The van der Waals surface area contributed by atoms with Crippen LogP contribution in [0, 0.1) is 0 Å². The fourth-order valence-electron chi connectivity index (χ4n) is 2.58. The van der Waals surface area contributed by atoms with Gasteiger partial charge < -0.3 is 5.32 Å². The Morgan fingerprint density at radius 2 is 2.10 bits per heavy atom. The smallest absolute Gasteiger partial charge is 0.251 e. The Morgan fingerprint density at radius 1 is 1.40 bits per heavy atom. The summed E-state index contributed by atoms with van der Waals surface area (Å²) in [7, 11) is 0. The van der Waals surface area contributed by atoms with Gasteiger partial charge in [0.05, 0.1) is 0 Å². The first-order valence-electron chi connectivity index (χ1n) is 7.12. The highest BCUT2D eigenvalue weighted by atomic mass is 35.5. The van der Waals surface area contributed by atoms with E-state index in [1.54, 1.807) is 6.07 Å². The van der Waals surface area contributed by atoms with Crippen LogP contribution in [0.15, 0.2) is 12.1 Å². The number of aromatic nitrogens is 1. The van der Waals surface area contributed by atoms with E-state index < -0.39 is 0 Å². The number of hydrogen-bond acceptors (Lipinski definition) is 3. The van der Waals surface area contributed by atoms with Crippen molar-refractivity contribution in [1.82, 2.24) is 10.3 Å². The van der Waals surface area contributed by atoms with Crippen molar-refractivity contribution in [3.05, 3.63) is 28.5 Å². The molecule has 2 rings (SSSR count). The molecule has 0 atom stereocenters. The molecule has 1 saturated carbocycles. The number of halogens is 1. The summed E-state index contributed by atoms with van der Waals surface area (Å²) >= 11 is 7.89. The van der Waals surface area contributed by atoms with Crippen molar-refractivity contribution >= 4 is 29.3 Å². The number of nitrogens with one attached hydrogen (secondary N) is 1. The van der Waals surface area contributed by atoms with Gasteiger partial charge in [-0.3, -0.25) is 4.79 Å². The topological polar surface area (TPSA) is 42.0 Å². The molecule has 1 aromatic rings. The lowest BCUT2D eigenvalue weighted by Crippen LogP contribution is -2.38. The first kappa shape index (κ1) is 15.6. The maximum absolute atomic E-state index is 12.3. The number of amides is 1. The van der Waals surface area contributed by atoms with Crippen LogP contribution in [0.2, 0.25) is 5.15 Å². The number of carbonyl (C=O) groups excluding carboxylic acids is 1. The lowest BCUT2D eigenvalue weighted by Gasteiger charge is -2.28. The third kappa shape index (κ3) is 4.13. The van der Waals surface area contributed by atoms with Crippen molar-refractivity contribution in [2.45, 2.75) is 50.3 Å². The second-order valence-electron chi connectivity index (χ2n) is 5.21. The van der Waals surface area contributed by atoms with Crippen LogP contribution in [0.5, 0.6) is 0 Å². The van der Waals surface area contributed by atoms with E-state index in [1.807, 2.05) is 24.8 Å². The van der Waals surface area contributed by atoms with E-state index in [1.165, 1.54) is 12.8 Å². The molecular weight excluding hydrogens is 292 g/mol. The molecule has 110 valence electrons. The van der Waals surface area contributed by atoms with Crippen molar-refractivity contribution in [3.63, 3.8) is 0 Å². The number of hydrogen-bond donors (Lipinski definition) is 1. The van der Waals surface area contributed by atoms with Gasteiger partial charge >= 0.3 is 0 Å². The predicted molar refractivity (Wildman–Crippen MR) is 85.7 cm³/mol. The molecule has 1 fully saturated rings. The van der Waals surface area contributed by atoms with Gasteiger partial charge in [0, 0.05) is 22.5 Å². The summed E-state index contributed by atoms with van der Waals surface area (Å²) in [6, 6.07) is 3.76. The second-order valence-corrected chi connectivity index (χ2v) is 6.73. The van der Waals surface area contributed by atoms with Gasteiger partial charge in [0.2, 0.25) is 0 Å². The van der Waals surface area contributed by atoms with E-state index in [0.717, 1.165) is 30.2 Å².